The maximum atomic E-state index is 13.0. The zero-order valence-corrected chi connectivity index (χ0v) is 15.3. The summed E-state index contributed by atoms with van der Waals surface area (Å²) in [5, 5.41) is 0. The van der Waals surface area contributed by atoms with Gasteiger partial charge in [-0.1, -0.05) is 37.9 Å². The molecule has 0 N–H and O–H groups in total. The number of rotatable bonds is 2. The topological polar surface area (TPSA) is 0 Å². The van der Waals surface area contributed by atoms with E-state index in [0.717, 1.165) is 23.2 Å². The van der Waals surface area contributed by atoms with Gasteiger partial charge in [0.15, 0.2) is 0 Å². The molecule has 1 unspecified atom stereocenters. The number of benzene rings is 1. The normalized spacial score (nSPS) is 12.8. The summed E-state index contributed by atoms with van der Waals surface area (Å²) in [5.74, 6) is -0.242. The molecule has 0 fully saturated rings. The first-order valence-corrected chi connectivity index (χ1v) is 8.64. The second-order valence-electron chi connectivity index (χ2n) is 3.30. The average molecular weight is 508 g/mol. The molecule has 0 amide bonds. The van der Waals surface area contributed by atoms with Crippen LogP contribution in [0, 0.1) is 5.82 Å². The molecule has 1 aromatic heterocycles. The molecule has 0 aliphatic carbocycles. The lowest BCUT2D eigenvalue weighted by Crippen LogP contribution is -1.91. The molecule has 0 saturated heterocycles. The molecule has 0 bridgehead atoms. The first-order valence-electron chi connectivity index (χ1n) is 4.53. The highest BCUT2D eigenvalue weighted by molar-refractivity contribution is 9.13. The fourth-order valence-corrected chi connectivity index (χ4v) is 5.13. The first kappa shape index (κ1) is 14.2. The van der Waals surface area contributed by atoms with Gasteiger partial charge in [0.25, 0.3) is 0 Å². The minimum absolute atomic E-state index is 0.0464. The van der Waals surface area contributed by atoms with Gasteiger partial charge in [0, 0.05) is 13.8 Å². The smallest absolute Gasteiger partial charge is 0.124 e. The fraction of sp³-hybridized carbons (Fsp3) is 0.0909. The van der Waals surface area contributed by atoms with Crippen molar-refractivity contribution in [1.29, 1.82) is 0 Å². The van der Waals surface area contributed by atoms with Gasteiger partial charge in [-0.25, -0.2) is 4.39 Å². The second-order valence-corrected chi connectivity index (χ2v) is 8.32. The van der Waals surface area contributed by atoms with Crippen molar-refractivity contribution in [2.24, 2.45) is 0 Å². The summed E-state index contributed by atoms with van der Waals surface area (Å²) in [6.07, 6.45) is 0. The Labute approximate surface area is 136 Å². The molecular weight excluding hydrogens is 503 g/mol. The van der Waals surface area contributed by atoms with Crippen molar-refractivity contribution in [1.82, 2.24) is 0 Å². The zero-order chi connectivity index (χ0) is 12.6. The summed E-state index contributed by atoms with van der Waals surface area (Å²) in [7, 11) is 0. The van der Waals surface area contributed by atoms with Crippen LogP contribution in [0.25, 0.3) is 0 Å². The van der Waals surface area contributed by atoms with E-state index in [2.05, 4.69) is 63.7 Å². The van der Waals surface area contributed by atoms with E-state index >= 15 is 0 Å². The highest BCUT2D eigenvalue weighted by Gasteiger charge is 2.17. The monoisotopic (exact) mass is 504 g/mol. The third-order valence-corrected chi connectivity index (χ3v) is 7.45. The summed E-state index contributed by atoms with van der Waals surface area (Å²) in [5.41, 5.74) is 1.01. The summed E-state index contributed by atoms with van der Waals surface area (Å²) in [6.45, 7) is 0. The molecule has 0 aliphatic rings. The van der Waals surface area contributed by atoms with E-state index in [0.29, 0.717) is 0 Å². The van der Waals surface area contributed by atoms with E-state index in [1.165, 1.54) is 12.1 Å². The summed E-state index contributed by atoms with van der Waals surface area (Å²) < 4.78 is 15.9. The molecule has 1 aromatic carbocycles. The molecule has 2 rings (SSSR count). The summed E-state index contributed by atoms with van der Waals surface area (Å²) in [4.78, 5) is 1.20. The highest BCUT2D eigenvalue weighted by Crippen LogP contribution is 2.43. The van der Waals surface area contributed by atoms with Gasteiger partial charge < -0.3 is 0 Å². The van der Waals surface area contributed by atoms with Crippen molar-refractivity contribution in [2.75, 3.05) is 0 Å². The molecule has 17 heavy (non-hydrogen) atoms. The summed E-state index contributed by atoms with van der Waals surface area (Å²) >= 11 is 15.6. The molecule has 0 radical (unpaired) electrons. The maximum absolute atomic E-state index is 13.0. The lowest BCUT2D eigenvalue weighted by atomic mass is 10.1. The molecule has 1 atom stereocenters. The largest absolute Gasteiger partial charge is 0.207 e. The zero-order valence-electron chi connectivity index (χ0n) is 8.18. The standard InChI is InChI=1S/C11H5Br4FS/c12-7-3-5(16)1-2-6(7)10(14)9-4-8(13)11(15)17-9/h1-4,10H. The van der Waals surface area contributed by atoms with Gasteiger partial charge in [0.1, 0.15) is 5.82 Å². The van der Waals surface area contributed by atoms with E-state index in [9.17, 15) is 4.39 Å². The molecule has 2 aromatic rings. The molecule has 90 valence electrons. The third-order valence-electron chi connectivity index (χ3n) is 2.15. The van der Waals surface area contributed by atoms with Crippen molar-refractivity contribution >= 4 is 75.1 Å². The molecule has 0 saturated carbocycles. The van der Waals surface area contributed by atoms with Crippen LogP contribution in [0.4, 0.5) is 4.39 Å². The molecule has 6 heteroatoms. The maximum Gasteiger partial charge on any atom is 0.124 e. The van der Waals surface area contributed by atoms with Crippen molar-refractivity contribution in [3.63, 3.8) is 0 Å². The van der Waals surface area contributed by atoms with E-state index < -0.39 is 0 Å². The van der Waals surface area contributed by atoms with Crippen LogP contribution in [0.1, 0.15) is 15.3 Å². The van der Waals surface area contributed by atoms with Gasteiger partial charge in [0.05, 0.1) is 8.61 Å². The Bertz CT molecular complexity index is 533. The Balaban J connectivity index is 2.39. The van der Waals surface area contributed by atoms with Crippen LogP contribution < -0.4 is 0 Å². The van der Waals surface area contributed by atoms with E-state index in [4.69, 9.17) is 0 Å². The summed E-state index contributed by atoms with van der Waals surface area (Å²) in [6, 6.07) is 6.76. The van der Waals surface area contributed by atoms with Crippen LogP contribution >= 0.6 is 75.1 Å². The SMILES string of the molecule is Fc1ccc(C(Br)c2cc(Br)c(Br)s2)c(Br)c1. The van der Waals surface area contributed by atoms with Crippen molar-refractivity contribution in [3.05, 3.63) is 53.3 Å². The second kappa shape index (κ2) is 5.82. The van der Waals surface area contributed by atoms with Crippen LogP contribution in [-0.4, -0.2) is 0 Å². The van der Waals surface area contributed by atoms with Gasteiger partial charge >= 0.3 is 0 Å². The molecule has 1 heterocycles. The lowest BCUT2D eigenvalue weighted by molar-refractivity contribution is 0.626. The van der Waals surface area contributed by atoms with Gasteiger partial charge in [-0.2, -0.15) is 0 Å². The van der Waals surface area contributed by atoms with E-state index in [1.807, 2.05) is 6.07 Å². The van der Waals surface area contributed by atoms with Crippen molar-refractivity contribution < 1.29 is 4.39 Å². The minimum Gasteiger partial charge on any atom is -0.207 e. The predicted octanol–water partition coefficient (Wildman–Crippen LogP) is 6.66. The van der Waals surface area contributed by atoms with Gasteiger partial charge in [0.2, 0.25) is 0 Å². The van der Waals surface area contributed by atoms with Crippen LogP contribution in [0.5, 0.6) is 0 Å². The Morgan fingerprint density at radius 1 is 1.06 bits per heavy atom. The van der Waals surface area contributed by atoms with Crippen molar-refractivity contribution in [3.8, 4) is 0 Å². The average Bonchev–Trinajstić information content (AvgIpc) is 2.58. The minimum atomic E-state index is -0.242. The quantitative estimate of drug-likeness (QED) is 0.399. The molecular formula is C11H5Br4FS. The lowest BCUT2D eigenvalue weighted by Gasteiger charge is -2.10. The van der Waals surface area contributed by atoms with Gasteiger partial charge in [-0.05, 0) is 55.6 Å². The number of hydrogen-bond donors (Lipinski definition) is 0. The fourth-order valence-electron chi connectivity index (χ4n) is 1.35. The highest BCUT2D eigenvalue weighted by atomic mass is 79.9. The molecule has 0 nitrogen and oxygen atoms in total. The Hall–Kier alpha value is 0.770. The van der Waals surface area contributed by atoms with Crippen LogP contribution in [0.15, 0.2) is 37.0 Å². The number of hydrogen-bond acceptors (Lipinski definition) is 1. The van der Waals surface area contributed by atoms with E-state index in [-0.39, 0.29) is 10.6 Å². The third kappa shape index (κ3) is 3.21. The van der Waals surface area contributed by atoms with Crippen molar-refractivity contribution in [2.45, 2.75) is 4.83 Å². The Morgan fingerprint density at radius 2 is 1.76 bits per heavy atom. The number of halogens is 5. The molecule has 0 spiro atoms. The van der Waals surface area contributed by atoms with E-state index in [1.54, 1.807) is 17.4 Å². The predicted molar refractivity (Wildman–Crippen MR) is 84.6 cm³/mol. The van der Waals surface area contributed by atoms with Crippen LogP contribution in [0.3, 0.4) is 0 Å². The van der Waals surface area contributed by atoms with Gasteiger partial charge in [-0.3, -0.25) is 0 Å². The first-order chi connectivity index (χ1) is 7.99. The number of alkyl halides is 1. The van der Waals surface area contributed by atoms with Gasteiger partial charge in [-0.15, -0.1) is 11.3 Å². The number of thiophene rings is 1. The molecule has 0 aliphatic heterocycles. The van der Waals surface area contributed by atoms with Crippen LogP contribution in [-0.2, 0) is 0 Å². The Kier molecular flexibility index (Phi) is 4.86. The Morgan fingerprint density at radius 3 is 2.29 bits per heavy atom. The van der Waals surface area contributed by atoms with Crippen LogP contribution in [0.2, 0.25) is 0 Å².